The molecule has 140 valence electrons. The summed E-state index contributed by atoms with van der Waals surface area (Å²) >= 11 is 0. The van der Waals surface area contributed by atoms with E-state index in [-0.39, 0.29) is 11.3 Å². The van der Waals surface area contributed by atoms with Crippen LogP contribution in [0.4, 0.5) is 26.3 Å². The first-order valence-corrected chi connectivity index (χ1v) is 7.02. The van der Waals surface area contributed by atoms with Crippen LogP contribution in [0.5, 0.6) is 5.75 Å². The van der Waals surface area contributed by atoms with E-state index in [4.69, 9.17) is 5.11 Å². The number of H-pyrrole nitrogens is 1. The zero-order valence-corrected chi connectivity index (χ0v) is 13.1. The van der Waals surface area contributed by atoms with Crippen LogP contribution < -0.4 is 5.69 Å². The first-order valence-electron chi connectivity index (χ1n) is 7.02. The SMILES string of the molecule is Cn1c(=O)[nH]c2cc(C(F)(F)F)ccc21.Oc1ccc(C(F)(F)F)cc1. The van der Waals surface area contributed by atoms with E-state index >= 15 is 0 Å². The lowest BCUT2D eigenvalue weighted by molar-refractivity contribution is -0.138. The molecule has 4 nitrogen and oxygen atoms in total. The zero-order valence-electron chi connectivity index (χ0n) is 13.1. The molecular weight excluding hydrogens is 366 g/mol. The predicted molar refractivity (Wildman–Crippen MR) is 81.7 cm³/mol. The number of fused-ring (bicyclic) bond motifs is 1. The highest BCUT2D eigenvalue weighted by atomic mass is 19.4. The minimum Gasteiger partial charge on any atom is -0.508 e. The molecule has 0 spiro atoms. The molecule has 3 rings (SSSR count). The summed E-state index contributed by atoms with van der Waals surface area (Å²) in [5.74, 6) is -0.169. The maximum atomic E-state index is 12.3. The van der Waals surface area contributed by atoms with Crippen molar-refractivity contribution in [2.24, 2.45) is 7.05 Å². The minimum atomic E-state index is -4.39. The van der Waals surface area contributed by atoms with Gasteiger partial charge in [0.05, 0.1) is 22.2 Å². The van der Waals surface area contributed by atoms with Crippen LogP contribution in [-0.2, 0) is 19.4 Å². The number of aromatic hydroxyl groups is 1. The first-order chi connectivity index (χ1) is 11.9. The van der Waals surface area contributed by atoms with Crippen molar-refractivity contribution in [1.82, 2.24) is 9.55 Å². The summed E-state index contributed by atoms with van der Waals surface area (Å²) in [5.41, 5.74) is -1.30. The van der Waals surface area contributed by atoms with Gasteiger partial charge < -0.3 is 10.1 Å². The Morgan fingerprint density at radius 2 is 1.38 bits per heavy atom. The molecule has 1 aromatic heterocycles. The third kappa shape index (κ3) is 4.38. The lowest BCUT2D eigenvalue weighted by Gasteiger charge is -2.05. The Bertz CT molecular complexity index is 952. The molecule has 0 amide bonds. The lowest BCUT2D eigenvalue weighted by atomic mass is 10.2. The maximum Gasteiger partial charge on any atom is 0.416 e. The number of aryl methyl sites for hydroxylation is 1. The number of hydrogen-bond donors (Lipinski definition) is 2. The number of aromatic amines is 1. The van der Waals surface area contributed by atoms with Crippen LogP contribution in [0.25, 0.3) is 11.0 Å². The minimum absolute atomic E-state index is 0.169. The van der Waals surface area contributed by atoms with E-state index < -0.39 is 29.2 Å². The fourth-order valence-corrected chi connectivity index (χ4v) is 2.06. The van der Waals surface area contributed by atoms with E-state index in [1.165, 1.54) is 17.7 Å². The molecule has 0 saturated carbocycles. The normalized spacial score (nSPS) is 12.0. The van der Waals surface area contributed by atoms with Crippen LogP contribution in [0, 0.1) is 0 Å². The Kier molecular flexibility index (Phi) is 5.06. The van der Waals surface area contributed by atoms with Gasteiger partial charge in [0.2, 0.25) is 0 Å². The summed E-state index contributed by atoms with van der Waals surface area (Å²) in [6.45, 7) is 0. The molecule has 2 aromatic carbocycles. The van der Waals surface area contributed by atoms with Crippen molar-refractivity contribution in [1.29, 1.82) is 0 Å². The third-order valence-electron chi connectivity index (χ3n) is 3.43. The highest BCUT2D eigenvalue weighted by molar-refractivity contribution is 5.76. The van der Waals surface area contributed by atoms with Crippen molar-refractivity contribution in [3.05, 3.63) is 64.1 Å². The number of phenolic OH excluding ortho intramolecular Hbond substituents is 1. The number of aromatic nitrogens is 2. The van der Waals surface area contributed by atoms with Crippen molar-refractivity contribution >= 4 is 11.0 Å². The fourth-order valence-electron chi connectivity index (χ4n) is 2.06. The van der Waals surface area contributed by atoms with E-state index in [0.717, 1.165) is 36.4 Å². The van der Waals surface area contributed by atoms with Gasteiger partial charge in [0, 0.05) is 7.05 Å². The standard InChI is InChI=1S/C9H7F3N2O.C7H5F3O/c1-14-7-3-2-5(9(10,11)12)4-6(7)13-8(14)15;8-7(9,10)5-1-3-6(11)4-2-5/h2-4H,1H3,(H,13,15);1-4,11H. The number of alkyl halides is 6. The molecule has 1 heterocycles. The van der Waals surface area contributed by atoms with E-state index in [1.807, 2.05) is 0 Å². The maximum absolute atomic E-state index is 12.3. The molecular formula is C16H12F6N2O2. The topological polar surface area (TPSA) is 58.0 Å². The van der Waals surface area contributed by atoms with Crippen LogP contribution in [0.1, 0.15) is 11.1 Å². The second-order valence-corrected chi connectivity index (χ2v) is 5.26. The summed E-state index contributed by atoms with van der Waals surface area (Å²) in [6, 6.07) is 6.82. The van der Waals surface area contributed by atoms with Gasteiger partial charge in [-0.25, -0.2) is 4.79 Å². The fraction of sp³-hybridized carbons (Fsp3) is 0.188. The number of nitrogens with zero attached hydrogens (tertiary/aromatic N) is 1. The van der Waals surface area contributed by atoms with Gasteiger partial charge in [0.1, 0.15) is 5.75 Å². The van der Waals surface area contributed by atoms with Gasteiger partial charge in [0.15, 0.2) is 0 Å². The number of imidazole rings is 1. The number of phenols is 1. The van der Waals surface area contributed by atoms with Gasteiger partial charge in [-0.1, -0.05) is 0 Å². The Balaban J connectivity index is 0.000000197. The monoisotopic (exact) mass is 378 g/mol. The molecule has 0 aliphatic heterocycles. The van der Waals surface area contributed by atoms with Crippen LogP contribution >= 0.6 is 0 Å². The number of benzene rings is 2. The highest BCUT2D eigenvalue weighted by Gasteiger charge is 2.31. The molecule has 3 aromatic rings. The van der Waals surface area contributed by atoms with Crippen molar-refractivity contribution in [3.63, 3.8) is 0 Å². The van der Waals surface area contributed by atoms with Gasteiger partial charge in [-0.2, -0.15) is 26.3 Å². The summed E-state index contributed by atoms with van der Waals surface area (Å²) in [5, 5.41) is 8.66. The number of rotatable bonds is 0. The van der Waals surface area contributed by atoms with Gasteiger partial charge >= 0.3 is 18.0 Å². The molecule has 26 heavy (non-hydrogen) atoms. The third-order valence-corrected chi connectivity index (χ3v) is 3.43. The molecule has 0 aliphatic carbocycles. The Labute approximate surface area is 142 Å². The van der Waals surface area contributed by atoms with Crippen molar-refractivity contribution in [2.75, 3.05) is 0 Å². The number of hydrogen-bond acceptors (Lipinski definition) is 2. The number of halogens is 6. The van der Waals surface area contributed by atoms with E-state index in [0.29, 0.717) is 5.52 Å². The molecule has 0 fully saturated rings. The lowest BCUT2D eigenvalue weighted by Crippen LogP contribution is -2.11. The summed E-state index contributed by atoms with van der Waals surface area (Å²) < 4.78 is 73.7. The molecule has 0 saturated heterocycles. The summed E-state index contributed by atoms with van der Waals surface area (Å²) in [6.07, 6.45) is -8.71. The Hall–Kier alpha value is -2.91. The van der Waals surface area contributed by atoms with Gasteiger partial charge in [-0.15, -0.1) is 0 Å². The van der Waals surface area contributed by atoms with E-state index in [9.17, 15) is 31.1 Å². The zero-order chi connectivity index (χ0) is 19.7. The molecule has 0 aliphatic rings. The van der Waals surface area contributed by atoms with Gasteiger partial charge in [-0.3, -0.25) is 4.57 Å². The van der Waals surface area contributed by atoms with Crippen LogP contribution in [0.3, 0.4) is 0 Å². The molecule has 0 radical (unpaired) electrons. The van der Waals surface area contributed by atoms with Crippen molar-refractivity contribution < 1.29 is 31.4 Å². The number of nitrogens with one attached hydrogen (secondary N) is 1. The van der Waals surface area contributed by atoms with Crippen LogP contribution in [-0.4, -0.2) is 14.7 Å². The Morgan fingerprint density at radius 1 is 0.885 bits per heavy atom. The van der Waals surface area contributed by atoms with Gasteiger partial charge in [0.25, 0.3) is 0 Å². The molecule has 10 heteroatoms. The molecule has 0 bridgehead atoms. The van der Waals surface area contributed by atoms with E-state index in [2.05, 4.69) is 4.98 Å². The summed E-state index contributed by atoms with van der Waals surface area (Å²) in [4.78, 5) is 13.5. The second-order valence-electron chi connectivity index (χ2n) is 5.26. The van der Waals surface area contributed by atoms with E-state index in [1.54, 1.807) is 0 Å². The predicted octanol–water partition coefficient (Wildman–Crippen LogP) is 4.30. The second kappa shape index (κ2) is 6.77. The smallest absolute Gasteiger partial charge is 0.416 e. The van der Waals surface area contributed by atoms with Crippen molar-refractivity contribution in [2.45, 2.75) is 12.4 Å². The Morgan fingerprint density at radius 3 is 1.88 bits per heavy atom. The largest absolute Gasteiger partial charge is 0.508 e. The van der Waals surface area contributed by atoms with Crippen LogP contribution in [0.2, 0.25) is 0 Å². The van der Waals surface area contributed by atoms with Gasteiger partial charge in [-0.05, 0) is 42.5 Å². The highest BCUT2D eigenvalue weighted by Crippen LogP contribution is 2.31. The van der Waals surface area contributed by atoms with Crippen molar-refractivity contribution in [3.8, 4) is 5.75 Å². The molecule has 0 atom stereocenters. The quantitative estimate of drug-likeness (QED) is 0.573. The average molecular weight is 378 g/mol. The average Bonchev–Trinajstić information content (AvgIpc) is 2.81. The van der Waals surface area contributed by atoms with Crippen LogP contribution in [0.15, 0.2) is 47.3 Å². The molecule has 0 unspecified atom stereocenters. The first kappa shape index (κ1) is 19.4. The summed E-state index contributed by atoms with van der Waals surface area (Å²) in [7, 11) is 1.49. The molecule has 2 N–H and O–H groups in total.